The number of benzene rings is 1. The number of nitrogens with zero attached hydrogens (tertiary/aromatic N) is 2. The van der Waals surface area contributed by atoms with Gasteiger partial charge in [0.1, 0.15) is 5.82 Å². The molecule has 1 aromatic carbocycles. The van der Waals surface area contributed by atoms with E-state index in [4.69, 9.17) is 10.7 Å². The fourth-order valence-electron chi connectivity index (χ4n) is 2.81. The number of hydrogen-bond acceptors (Lipinski definition) is 3. The van der Waals surface area contributed by atoms with Crippen LogP contribution in [0, 0.1) is 6.92 Å². The summed E-state index contributed by atoms with van der Waals surface area (Å²) < 4.78 is 1.93. The summed E-state index contributed by atoms with van der Waals surface area (Å²) in [4.78, 5) is 9.24. The molecule has 1 saturated carbocycles. The molecule has 0 unspecified atom stereocenters. The van der Waals surface area contributed by atoms with Crippen molar-refractivity contribution in [3.63, 3.8) is 0 Å². The van der Waals surface area contributed by atoms with E-state index < -0.39 is 0 Å². The molecule has 3 rings (SSSR count). The van der Waals surface area contributed by atoms with Crippen LogP contribution >= 0.6 is 31.9 Å². The van der Waals surface area contributed by atoms with Gasteiger partial charge < -0.3 is 5.73 Å². The monoisotopic (exact) mass is 409 g/mol. The standard InChI is InChI=1S/C16H17Br2N3/c1-9-6-7-11(8-12(9)17)16-20-14(10-4-2-3-5-10)13(18)15(19)21-16/h6-8,10H,2-5H2,1H3,(H2,19,20,21). The Morgan fingerprint density at radius 3 is 2.52 bits per heavy atom. The van der Waals surface area contributed by atoms with E-state index in [1.807, 2.05) is 6.07 Å². The van der Waals surface area contributed by atoms with Crippen molar-refractivity contribution >= 4 is 37.7 Å². The van der Waals surface area contributed by atoms with Crippen LogP contribution in [0.1, 0.15) is 42.9 Å². The quantitative estimate of drug-likeness (QED) is 0.738. The van der Waals surface area contributed by atoms with Gasteiger partial charge in [-0.25, -0.2) is 9.97 Å². The van der Waals surface area contributed by atoms with Crippen molar-refractivity contribution in [2.75, 3.05) is 5.73 Å². The lowest BCUT2D eigenvalue weighted by Crippen LogP contribution is -2.06. The van der Waals surface area contributed by atoms with Gasteiger partial charge in [-0.1, -0.05) is 40.9 Å². The van der Waals surface area contributed by atoms with Gasteiger partial charge in [-0.05, 0) is 47.3 Å². The number of nitrogens with two attached hydrogens (primary N) is 1. The first kappa shape index (κ1) is 15.0. The van der Waals surface area contributed by atoms with E-state index in [2.05, 4.69) is 55.9 Å². The molecule has 1 aromatic heterocycles. The highest BCUT2D eigenvalue weighted by Crippen LogP contribution is 2.39. The lowest BCUT2D eigenvalue weighted by Gasteiger charge is -2.14. The van der Waals surface area contributed by atoms with Crippen LogP contribution in [0.3, 0.4) is 0 Å². The van der Waals surface area contributed by atoms with Crippen molar-refractivity contribution in [2.24, 2.45) is 0 Å². The van der Waals surface area contributed by atoms with Gasteiger partial charge in [0.25, 0.3) is 0 Å². The number of rotatable bonds is 2. The number of anilines is 1. The molecule has 110 valence electrons. The van der Waals surface area contributed by atoms with Crippen LogP contribution in [0.4, 0.5) is 5.82 Å². The molecule has 2 N–H and O–H groups in total. The average molecular weight is 411 g/mol. The SMILES string of the molecule is Cc1ccc(-c2nc(N)c(Br)c(C3CCCC3)n2)cc1Br. The van der Waals surface area contributed by atoms with Crippen molar-refractivity contribution in [1.82, 2.24) is 9.97 Å². The third kappa shape index (κ3) is 2.99. The van der Waals surface area contributed by atoms with Gasteiger partial charge in [0.05, 0.1) is 10.2 Å². The van der Waals surface area contributed by atoms with E-state index in [0.29, 0.717) is 17.6 Å². The van der Waals surface area contributed by atoms with E-state index in [0.717, 1.165) is 20.2 Å². The zero-order chi connectivity index (χ0) is 15.0. The molecule has 1 aliphatic carbocycles. The Morgan fingerprint density at radius 1 is 1.14 bits per heavy atom. The highest BCUT2D eigenvalue weighted by Gasteiger charge is 2.23. The van der Waals surface area contributed by atoms with Gasteiger partial charge in [-0.2, -0.15) is 0 Å². The molecule has 1 aliphatic rings. The Kier molecular flexibility index (Phi) is 4.31. The van der Waals surface area contributed by atoms with E-state index in [1.54, 1.807) is 0 Å². The zero-order valence-electron chi connectivity index (χ0n) is 11.9. The third-order valence-electron chi connectivity index (χ3n) is 4.07. The van der Waals surface area contributed by atoms with Crippen molar-refractivity contribution in [2.45, 2.75) is 38.5 Å². The summed E-state index contributed by atoms with van der Waals surface area (Å²) in [5, 5.41) is 0. The first-order valence-corrected chi connectivity index (χ1v) is 8.74. The molecule has 0 aliphatic heterocycles. The number of aromatic nitrogens is 2. The van der Waals surface area contributed by atoms with Crippen molar-refractivity contribution in [1.29, 1.82) is 0 Å². The second-order valence-electron chi connectivity index (χ2n) is 5.58. The van der Waals surface area contributed by atoms with Gasteiger partial charge in [0.2, 0.25) is 0 Å². The summed E-state index contributed by atoms with van der Waals surface area (Å²) in [6, 6.07) is 6.16. The van der Waals surface area contributed by atoms with Gasteiger partial charge >= 0.3 is 0 Å². The summed E-state index contributed by atoms with van der Waals surface area (Å²) >= 11 is 7.13. The van der Waals surface area contributed by atoms with Crippen LogP contribution in [0.5, 0.6) is 0 Å². The summed E-state index contributed by atoms with van der Waals surface area (Å²) in [5.41, 5.74) is 9.33. The predicted molar refractivity (Wildman–Crippen MR) is 93.2 cm³/mol. The minimum absolute atomic E-state index is 0.498. The molecule has 0 amide bonds. The molecule has 1 heterocycles. The van der Waals surface area contributed by atoms with E-state index >= 15 is 0 Å². The molecule has 2 aromatic rings. The summed E-state index contributed by atoms with van der Waals surface area (Å²) in [6.45, 7) is 2.06. The first-order valence-electron chi connectivity index (χ1n) is 7.15. The Hall–Kier alpha value is -0.940. The molecule has 0 radical (unpaired) electrons. The molecule has 0 bridgehead atoms. The van der Waals surface area contributed by atoms with Gasteiger partial charge in [0.15, 0.2) is 5.82 Å². The number of halogens is 2. The molecule has 0 saturated heterocycles. The Morgan fingerprint density at radius 2 is 1.86 bits per heavy atom. The Bertz CT molecular complexity index is 679. The lowest BCUT2D eigenvalue weighted by molar-refractivity contribution is 0.691. The van der Waals surface area contributed by atoms with Crippen molar-refractivity contribution in [3.05, 3.63) is 38.4 Å². The number of aryl methyl sites for hydroxylation is 1. The minimum atomic E-state index is 0.498. The maximum absolute atomic E-state index is 6.08. The van der Waals surface area contributed by atoms with Crippen molar-refractivity contribution in [3.8, 4) is 11.4 Å². The number of hydrogen-bond donors (Lipinski definition) is 1. The molecule has 3 nitrogen and oxygen atoms in total. The van der Waals surface area contributed by atoms with Crippen LogP contribution in [0.25, 0.3) is 11.4 Å². The summed E-state index contributed by atoms with van der Waals surface area (Å²) in [7, 11) is 0. The van der Waals surface area contributed by atoms with Gasteiger partial charge in [0, 0.05) is 16.0 Å². The molecule has 0 atom stereocenters. The summed E-state index contributed by atoms with van der Waals surface area (Å²) in [5.74, 6) is 1.73. The number of nitrogen functional groups attached to an aromatic ring is 1. The highest BCUT2D eigenvalue weighted by molar-refractivity contribution is 9.11. The zero-order valence-corrected chi connectivity index (χ0v) is 15.0. The smallest absolute Gasteiger partial charge is 0.161 e. The maximum atomic E-state index is 6.08. The largest absolute Gasteiger partial charge is 0.383 e. The van der Waals surface area contributed by atoms with Crippen LogP contribution in [0.15, 0.2) is 27.1 Å². The second kappa shape index (κ2) is 6.05. The third-order valence-corrected chi connectivity index (χ3v) is 5.74. The topological polar surface area (TPSA) is 51.8 Å². The molecule has 0 spiro atoms. The van der Waals surface area contributed by atoms with Crippen molar-refractivity contribution < 1.29 is 0 Å². The highest BCUT2D eigenvalue weighted by atomic mass is 79.9. The normalized spacial score (nSPS) is 15.6. The predicted octanol–water partition coefficient (Wildman–Crippen LogP) is 5.22. The van der Waals surface area contributed by atoms with Crippen LogP contribution in [-0.2, 0) is 0 Å². The average Bonchev–Trinajstić information content (AvgIpc) is 2.98. The first-order chi connectivity index (χ1) is 10.1. The molecular weight excluding hydrogens is 394 g/mol. The maximum Gasteiger partial charge on any atom is 0.161 e. The van der Waals surface area contributed by atoms with Gasteiger partial charge in [-0.15, -0.1) is 0 Å². The fraction of sp³-hybridized carbons (Fsp3) is 0.375. The molecule has 1 fully saturated rings. The second-order valence-corrected chi connectivity index (χ2v) is 7.22. The molecular formula is C16H17Br2N3. The van der Waals surface area contributed by atoms with Crippen LogP contribution in [-0.4, -0.2) is 9.97 Å². The van der Waals surface area contributed by atoms with Crippen LogP contribution in [0.2, 0.25) is 0 Å². The summed E-state index contributed by atoms with van der Waals surface area (Å²) in [6.07, 6.45) is 4.91. The molecule has 21 heavy (non-hydrogen) atoms. The van der Waals surface area contributed by atoms with E-state index in [-0.39, 0.29) is 0 Å². The molecule has 5 heteroatoms. The fourth-order valence-corrected chi connectivity index (χ4v) is 3.69. The van der Waals surface area contributed by atoms with Gasteiger partial charge in [-0.3, -0.25) is 0 Å². The minimum Gasteiger partial charge on any atom is -0.383 e. The lowest BCUT2D eigenvalue weighted by atomic mass is 10.0. The van der Waals surface area contributed by atoms with E-state index in [1.165, 1.54) is 31.2 Å². The Labute approximate surface area is 141 Å². The van der Waals surface area contributed by atoms with E-state index in [9.17, 15) is 0 Å². The van der Waals surface area contributed by atoms with Crippen LogP contribution < -0.4 is 5.73 Å². The Balaban J connectivity index is 2.08.